The molecule has 0 aromatic rings. The summed E-state index contributed by atoms with van der Waals surface area (Å²) in [5.74, 6) is 0.322. The van der Waals surface area contributed by atoms with Crippen LogP contribution in [-0.4, -0.2) is 11.4 Å². The molecule has 2 atom stereocenters. The first-order valence-corrected chi connectivity index (χ1v) is 8.22. The van der Waals surface area contributed by atoms with Crippen molar-refractivity contribution < 1.29 is 4.79 Å². The van der Waals surface area contributed by atoms with Crippen molar-refractivity contribution in [3.63, 3.8) is 0 Å². The molecule has 2 unspecified atom stereocenters. The maximum Gasteiger partial charge on any atom is 0.156 e. The van der Waals surface area contributed by atoms with Gasteiger partial charge in [-0.15, -0.1) is 0 Å². The van der Waals surface area contributed by atoms with E-state index in [2.05, 4.69) is 13.8 Å². The molecule has 0 spiro atoms. The van der Waals surface area contributed by atoms with Gasteiger partial charge in [-0.3, -0.25) is 4.79 Å². The van der Waals surface area contributed by atoms with E-state index >= 15 is 0 Å². The topological polar surface area (TPSA) is 17.1 Å². The van der Waals surface area contributed by atoms with Crippen LogP contribution in [0.15, 0.2) is 10.9 Å². The Morgan fingerprint density at radius 3 is 2.71 bits per heavy atom. The quantitative estimate of drug-likeness (QED) is 0.437. The second-order valence-corrected chi connectivity index (χ2v) is 7.14. The lowest BCUT2D eigenvalue weighted by atomic mass is 10.1. The molecule has 1 rings (SSSR count). The second kappa shape index (κ2) is 8.03. The zero-order chi connectivity index (χ0) is 12.7. The van der Waals surface area contributed by atoms with Gasteiger partial charge in [0.25, 0.3) is 0 Å². The van der Waals surface area contributed by atoms with Gasteiger partial charge in [0.05, 0.1) is 0 Å². The molecule has 0 saturated heterocycles. The highest BCUT2D eigenvalue weighted by atomic mass is 31.1. The normalized spacial score (nSPS) is 18.3. The average molecular weight is 254 g/mol. The zero-order valence-electron chi connectivity index (χ0n) is 11.6. The maximum atomic E-state index is 11.5. The van der Waals surface area contributed by atoms with Crippen LogP contribution in [0.2, 0.25) is 0 Å². The molecule has 17 heavy (non-hydrogen) atoms. The van der Waals surface area contributed by atoms with Gasteiger partial charge in [0.15, 0.2) is 5.78 Å². The van der Waals surface area contributed by atoms with Crippen molar-refractivity contribution in [2.75, 3.05) is 0 Å². The van der Waals surface area contributed by atoms with Crippen LogP contribution in [0.1, 0.15) is 72.1 Å². The summed E-state index contributed by atoms with van der Waals surface area (Å²) >= 11 is 0. The van der Waals surface area contributed by atoms with E-state index in [1.54, 1.807) is 6.92 Å². The van der Waals surface area contributed by atoms with Crippen LogP contribution in [0.4, 0.5) is 0 Å². The lowest BCUT2D eigenvalue weighted by Gasteiger charge is -2.13. The van der Waals surface area contributed by atoms with E-state index in [-0.39, 0.29) is 0 Å². The Hall–Kier alpha value is -0.160. The van der Waals surface area contributed by atoms with Gasteiger partial charge in [-0.1, -0.05) is 48.1 Å². The number of hydrogen-bond donors (Lipinski definition) is 0. The predicted octanol–water partition coefficient (Wildman–Crippen LogP) is 5.05. The summed E-state index contributed by atoms with van der Waals surface area (Å²) in [5, 5.41) is 1.50. The van der Waals surface area contributed by atoms with E-state index in [0.29, 0.717) is 5.78 Å². The number of hydrogen-bond acceptors (Lipinski definition) is 1. The fourth-order valence-electron chi connectivity index (χ4n) is 2.54. The van der Waals surface area contributed by atoms with Crippen molar-refractivity contribution in [1.82, 2.24) is 0 Å². The standard InChI is InChI=1S/C15H27OP/c1-4-5-6-7-9-12(2)17-15-11-8-10-14(15)13(3)16/h12,17H,4-11H2,1-3H3. The van der Waals surface area contributed by atoms with E-state index in [4.69, 9.17) is 0 Å². The number of ketones is 1. The van der Waals surface area contributed by atoms with Crippen LogP contribution in [0.5, 0.6) is 0 Å². The van der Waals surface area contributed by atoms with Crippen LogP contribution < -0.4 is 0 Å². The Balaban J connectivity index is 2.32. The summed E-state index contributed by atoms with van der Waals surface area (Å²) in [6.07, 6.45) is 10.2. The van der Waals surface area contributed by atoms with E-state index in [1.165, 1.54) is 55.8 Å². The molecule has 0 amide bonds. The molecule has 1 nitrogen and oxygen atoms in total. The third kappa shape index (κ3) is 5.34. The molecule has 2 heteroatoms. The Bertz CT molecular complexity index is 281. The third-order valence-electron chi connectivity index (χ3n) is 3.55. The first kappa shape index (κ1) is 14.9. The van der Waals surface area contributed by atoms with Gasteiger partial charge in [0, 0.05) is 0 Å². The Kier molecular flexibility index (Phi) is 7.04. The highest BCUT2D eigenvalue weighted by Crippen LogP contribution is 2.42. The number of allylic oxidation sites excluding steroid dienone is 2. The summed E-state index contributed by atoms with van der Waals surface area (Å²) < 4.78 is 0. The average Bonchev–Trinajstić information content (AvgIpc) is 2.72. The van der Waals surface area contributed by atoms with Crippen molar-refractivity contribution >= 4 is 14.4 Å². The molecule has 0 aliphatic heterocycles. The highest BCUT2D eigenvalue weighted by molar-refractivity contribution is 7.44. The molecular formula is C15H27OP. The van der Waals surface area contributed by atoms with Crippen molar-refractivity contribution in [1.29, 1.82) is 0 Å². The number of unbranched alkanes of at least 4 members (excludes halogenated alkanes) is 3. The zero-order valence-corrected chi connectivity index (χ0v) is 12.6. The van der Waals surface area contributed by atoms with Crippen LogP contribution in [0, 0.1) is 0 Å². The fourth-order valence-corrected chi connectivity index (χ4v) is 4.28. The van der Waals surface area contributed by atoms with E-state index < -0.39 is 0 Å². The first-order chi connectivity index (χ1) is 8.15. The van der Waals surface area contributed by atoms with Gasteiger partial charge in [0.2, 0.25) is 0 Å². The van der Waals surface area contributed by atoms with Gasteiger partial charge in [-0.2, -0.15) is 0 Å². The van der Waals surface area contributed by atoms with E-state index in [0.717, 1.165) is 20.7 Å². The SMILES string of the molecule is CCCCCCC(C)PC1=C(C(C)=O)CCC1. The van der Waals surface area contributed by atoms with Crippen molar-refractivity contribution in [3.8, 4) is 0 Å². The minimum absolute atomic E-state index is 0.322. The predicted molar refractivity (Wildman–Crippen MR) is 78.1 cm³/mol. The molecule has 0 radical (unpaired) electrons. The van der Waals surface area contributed by atoms with Gasteiger partial charge in [-0.05, 0) is 49.2 Å². The lowest BCUT2D eigenvalue weighted by molar-refractivity contribution is -0.113. The van der Waals surface area contributed by atoms with E-state index in [9.17, 15) is 4.79 Å². The molecule has 1 aliphatic carbocycles. The molecule has 0 aromatic heterocycles. The summed E-state index contributed by atoms with van der Waals surface area (Å²) in [7, 11) is 0.903. The largest absolute Gasteiger partial charge is 0.295 e. The summed E-state index contributed by atoms with van der Waals surface area (Å²) in [6, 6.07) is 0. The maximum absolute atomic E-state index is 11.5. The third-order valence-corrected chi connectivity index (χ3v) is 5.24. The van der Waals surface area contributed by atoms with Crippen LogP contribution in [-0.2, 0) is 4.79 Å². The minimum atomic E-state index is 0.322. The Labute approximate surface area is 108 Å². The van der Waals surface area contributed by atoms with Gasteiger partial charge in [0.1, 0.15) is 0 Å². The number of carbonyl (C=O) groups excluding carboxylic acids is 1. The first-order valence-electron chi connectivity index (χ1n) is 7.14. The Morgan fingerprint density at radius 1 is 1.29 bits per heavy atom. The summed E-state index contributed by atoms with van der Waals surface area (Å²) in [6.45, 7) is 6.35. The van der Waals surface area contributed by atoms with Gasteiger partial charge < -0.3 is 0 Å². The fraction of sp³-hybridized carbons (Fsp3) is 0.800. The number of rotatable bonds is 8. The molecule has 0 bridgehead atoms. The van der Waals surface area contributed by atoms with Crippen LogP contribution in [0.25, 0.3) is 0 Å². The highest BCUT2D eigenvalue weighted by Gasteiger charge is 2.19. The van der Waals surface area contributed by atoms with Crippen molar-refractivity contribution in [2.45, 2.75) is 77.8 Å². The molecule has 0 saturated carbocycles. The summed E-state index contributed by atoms with van der Waals surface area (Å²) in [5.41, 5.74) is 1.96. The minimum Gasteiger partial charge on any atom is -0.295 e. The monoisotopic (exact) mass is 254 g/mol. The molecular weight excluding hydrogens is 227 g/mol. The van der Waals surface area contributed by atoms with Gasteiger partial charge in [-0.25, -0.2) is 0 Å². The number of Topliss-reactive ketones (excluding diaryl/α,β-unsaturated/α-hetero) is 1. The Morgan fingerprint density at radius 2 is 2.06 bits per heavy atom. The molecule has 0 aromatic carbocycles. The molecule has 98 valence electrons. The number of carbonyl (C=O) groups is 1. The summed E-state index contributed by atoms with van der Waals surface area (Å²) in [4.78, 5) is 11.5. The van der Waals surface area contributed by atoms with Crippen molar-refractivity contribution in [2.24, 2.45) is 0 Å². The van der Waals surface area contributed by atoms with Gasteiger partial charge >= 0.3 is 0 Å². The van der Waals surface area contributed by atoms with Crippen LogP contribution in [0.3, 0.4) is 0 Å². The van der Waals surface area contributed by atoms with E-state index in [1.807, 2.05) is 0 Å². The molecule has 1 aliphatic rings. The molecule has 0 fully saturated rings. The second-order valence-electron chi connectivity index (χ2n) is 5.26. The molecule has 0 heterocycles. The smallest absolute Gasteiger partial charge is 0.156 e. The molecule has 0 N–H and O–H groups in total. The van der Waals surface area contributed by atoms with Crippen LogP contribution >= 0.6 is 8.58 Å². The van der Waals surface area contributed by atoms with Crippen molar-refractivity contribution in [3.05, 3.63) is 10.9 Å². The lowest BCUT2D eigenvalue weighted by Crippen LogP contribution is -1.98.